The Hall–Kier alpha value is -1.24. The van der Waals surface area contributed by atoms with Gasteiger partial charge in [-0.05, 0) is 0 Å². The van der Waals surface area contributed by atoms with Gasteiger partial charge in [0.25, 0.3) is 0 Å². The summed E-state index contributed by atoms with van der Waals surface area (Å²) in [4.78, 5) is 4.55. The van der Waals surface area contributed by atoms with Crippen LogP contribution in [0.4, 0.5) is 0 Å². The van der Waals surface area contributed by atoms with Crippen LogP contribution in [0.1, 0.15) is 5.01 Å². The van der Waals surface area contributed by atoms with Gasteiger partial charge in [-0.3, -0.25) is 4.68 Å². The highest BCUT2D eigenvalue weighted by molar-refractivity contribution is 7.09. The Morgan fingerprint density at radius 3 is 3.12 bits per heavy atom. The van der Waals surface area contributed by atoms with Crippen LogP contribution in [0.25, 0.3) is 11.3 Å². The van der Waals surface area contributed by atoms with Crippen LogP contribution < -0.4 is 5.32 Å². The van der Waals surface area contributed by atoms with E-state index in [9.17, 15) is 0 Å². The van der Waals surface area contributed by atoms with Crippen molar-refractivity contribution in [1.82, 2.24) is 20.1 Å². The molecule has 5 nitrogen and oxygen atoms in total. The Kier molecular flexibility index (Phi) is 4.24. The number of nitrogens with zero attached hydrogens (tertiary/aromatic N) is 3. The highest BCUT2D eigenvalue weighted by Gasteiger charge is 2.05. The molecule has 17 heavy (non-hydrogen) atoms. The van der Waals surface area contributed by atoms with Crippen molar-refractivity contribution in [2.24, 2.45) is 7.05 Å². The molecule has 0 fully saturated rings. The minimum absolute atomic E-state index is 0.723. The van der Waals surface area contributed by atoms with Gasteiger partial charge in [0.15, 0.2) is 0 Å². The molecule has 92 valence electrons. The second kappa shape index (κ2) is 5.90. The fourth-order valence-electron chi connectivity index (χ4n) is 1.45. The number of ether oxygens (including phenoxy) is 1. The molecular weight excluding hydrogens is 236 g/mol. The topological polar surface area (TPSA) is 52.0 Å². The van der Waals surface area contributed by atoms with Gasteiger partial charge in [0.1, 0.15) is 5.01 Å². The van der Waals surface area contributed by atoms with Crippen LogP contribution in [0, 0.1) is 0 Å². The average molecular weight is 252 g/mol. The van der Waals surface area contributed by atoms with Crippen molar-refractivity contribution in [2.75, 3.05) is 20.3 Å². The summed E-state index contributed by atoms with van der Waals surface area (Å²) in [7, 11) is 3.61. The molecule has 0 unspecified atom stereocenters. The summed E-state index contributed by atoms with van der Waals surface area (Å²) in [6, 6.07) is 0. The second-order valence-electron chi connectivity index (χ2n) is 3.70. The van der Waals surface area contributed by atoms with Crippen LogP contribution >= 0.6 is 11.3 Å². The zero-order valence-electron chi connectivity index (χ0n) is 10.0. The zero-order chi connectivity index (χ0) is 12.1. The van der Waals surface area contributed by atoms with E-state index in [-0.39, 0.29) is 0 Å². The number of rotatable bonds is 6. The molecule has 2 heterocycles. The third-order valence-corrected chi connectivity index (χ3v) is 3.16. The number of aryl methyl sites for hydroxylation is 1. The quantitative estimate of drug-likeness (QED) is 0.787. The van der Waals surface area contributed by atoms with Crippen molar-refractivity contribution in [3.8, 4) is 11.3 Å². The first kappa shape index (κ1) is 12.2. The van der Waals surface area contributed by atoms with Crippen molar-refractivity contribution in [3.05, 3.63) is 22.8 Å². The standard InChI is InChI=1S/C11H16N4OS/c1-15-7-9(5-13-15)10-8-17-11(14-10)6-12-3-4-16-2/h5,7-8,12H,3-4,6H2,1-2H3. The van der Waals surface area contributed by atoms with Gasteiger partial charge in [0.05, 0.1) is 18.5 Å². The van der Waals surface area contributed by atoms with Gasteiger partial charge in [-0.25, -0.2) is 4.98 Å². The molecule has 0 spiro atoms. The van der Waals surface area contributed by atoms with Gasteiger partial charge < -0.3 is 10.1 Å². The third-order valence-electron chi connectivity index (χ3n) is 2.31. The number of methoxy groups -OCH3 is 1. The maximum Gasteiger partial charge on any atom is 0.107 e. The summed E-state index contributed by atoms with van der Waals surface area (Å²) in [6.07, 6.45) is 3.80. The Balaban J connectivity index is 1.92. The molecule has 2 aromatic rings. The Labute approximate surface area is 104 Å². The molecule has 0 atom stereocenters. The molecule has 2 rings (SSSR count). The van der Waals surface area contributed by atoms with Crippen molar-refractivity contribution in [1.29, 1.82) is 0 Å². The van der Waals surface area contributed by atoms with Crippen molar-refractivity contribution >= 4 is 11.3 Å². The van der Waals surface area contributed by atoms with Crippen molar-refractivity contribution in [3.63, 3.8) is 0 Å². The largest absolute Gasteiger partial charge is 0.383 e. The fraction of sp³-hybridized carbons (Fsp3) is 0.455. The molecule has 2 aromatic heterocycles. The number of aromatic nitrogens is 3. The van der Waals surface area contributed by atoms with Gasteiger partial charge in [0, 0.05) is 44.4 Å². The lowest BCUT2D eigenvalue weighted by Crippen LogP contribution is -2.18. The summed E-state index contributed by atoms with van der Waals surface area (Å²) in [5.41, 5.74) is 2.05. The summed E-state index contributed by atoms with van der Waals surface area (Å²) in [6.45, 7) is 2.35. The smallest absolute Gasteiger partial charge is 0.107 e. The monoisotopic (exact) mass is 252 g/mol. The summed E-state index contributed by atoms with van der Waals surface area (Å²) < 4.78 is 6.75. The van der Waals surface area contributed by atoms with Crippen molar-refractivity contribution in [2.45, 2.75) is 6.54 Å². The minimum Gasteiger partial charge on any atom is -0.383 e. The summed E-state index contributed by atoms with van der Waals surface area (Å²) >= 11 is 1.66. The summed E-state index contributed by atoms with van der Waals surface area (Å²) in [5.74, 6) is 0. The minimum atomic E-state index is 0.723. The van der Waals surface area contributed by atoms with Gasteiger partial charge in [0.2, 0.25) is 0 Å². The fourth-order valence-corrected chi connectivity index (χ4v) is 2.22. The Morgan fingerprint density at radius 1 is 1.53 bits per heavy atom. The van der Waals surface area contributed by atoms with E-state index in [1.165, 1.54) is 0 Å². The van der Waals surface area contributed by atoms with Crippen LogP contribution in [-0.4, -0.2) is 35.0 Å². The third kappa shape index (κ3) is 3.36. The predicted molar refractivity (Wildman–Crippen MR) is 67.9 cm³/mol. The number of hydrogen-bond donors (Lipinski definition) is 1. The molecule has 0 aliphatic rings. The van der Waals surface area contributed by atoms with Crippen LogP contribution in [0.2, 0.25) is 0 Å². The van der Waals surface area contributed by atoms with E-state index in [0.717, 1.165) is 36.0 Å². The predicted octanol–water partition coefficient (Wildman–Crippen LogP) is 1.28. The van der Waals surface area contributed by atoms with Gasteiger partial charge in [-0.15, -0.1) is 11.3 Å². The SMILES string of the molecule is COCCNCc1nc(-c2cnn(C)c2)cs1. The highest BCUT2D eigenvalue weighted by atomic mass is 32.1. The van der Waals surface area contributed by atoms with Crippen LogP contribution in [0.5, 0.6) is 0 Å². The molecule has 0 bridgehead atoms. The highest BCUT2D eigenvalue weighted by Crippen LogP contribution is 2.20. The molecule has 0 amide bonds. The van der Waals surface area contributed by atoms with Gasteiger partial charge >= 0.3 is 0 Å². The van der Waals surface area contributed by atoms with E-state index in [4.69, 9.17) is 4.74 Å². The molecule has 0 aliphatic heterocycles. The first-order valence-electron chi connectivity index (χ1n) is 5.42. The molecular formula is C11H16N4OS. The molecule has 0 aromatic carbocycles. The molecule has 0 radical (unpaired) electrons. The lowest BCUT2D eigenvalue weighted by molar-refractivity contribution is 0.199. The first-order valence-corrected chi connectivity index (χ1v) is 6.30. The number of nitrogens with one attached hydrogen (secondary N) is 1. The van der Waals surface area contributed by atoms with E-state index in [0.29, 0.717) is 0 Å². The molecule has 0 saturated heterocycles. The molecule has 1 N–H and O–H groups in total. The van der Waals surface area contributed by atoms with E-state index < -0.39 is 0 Å². The zero-order valence-corrected chi connectivity index (χ0v) is 10.8. The number of hydrogen-bond acceptors (Lipinski definition) is 5. The Bertz CT molecular complexity index is 465. The Morgan fingerprint density at radius 2 is 2.41 bits per heavy atom. The summed E-state index contributed by atoms with van der Waals surface area (Å²) in [5, 5.41) is 10.6. The molecule has 0 saturated carbocycles. The maximum absolute atomic E-state index is 4.97. The first-order chi connectivity index (χ1) is 8.29. The van der Waals surface area contributed by atoms with Gasteiger partial charge in [-0.1, -0.05) is 0 Å². The van der Waals surface area contributed by atoms with Crippen LogP contribution in [0.3, 0.4) is 0 Å². The lowest BCUT2D eigenvalue weighted by Gasteiger charge is -2.00. The van der Waals surface area contributed by atoms with E-state index in [1.807, 2.05) is 19.4 Å². The molecule has 6 heteroatoms. The van der Waals surface area contributed by atoms with Crippen LogP contribution in [0.15, 0.2) is 17.8 Å². The van der Waals surface area contributed by atoms with E-state index in [1.54, 1.807) is 23.1 Å². The van der Waals surface area contributed by atoms with Crippen LogP contribution in [-0.2, 0) is 18.3 Å². The van der Waals surface area contributed by atoms with E-state index in [2.05, 4.69) is 20.8 Å². The van der Waals surface area contributed by atoms with E-state index >= 15 is 0 Å². The average Bonchev–Trinajstić information content (AvgIpc) is 2.93. The number of thiazole rings is 1. The maximum atomic E-state index is 4.97. The van der Waals surface area contributed by atoms with Crippen molar-refractivity contribution < 1.29 is 4.74 Å². The second-order valence-corrected chi connectivity index (χ2v) is 4.64. The lowest BCUT2D eigenvalue weighted by atomic mass is 10.3. The van der Waals surface area contributed by atoms with Gasteiger partial charge in [-0.2, -0.15) is 5.10 Å². The normalized spacial score (nSPS) is 10.9. The molecule has 0 aliphatic carbocycles.